The number of carbonyl (C=O) groups is 2. The number of rotatable bonds is 12. The maximum absolute atomic E-state index is 14.1. The summed E-state index contributed by atoms with van der Waals surface area (Å²) in [6.07, 6.45) is 6.39. The van der Waals surface area contributed by atoms with E-state index in [-0.39, 0.29) is 23.7 Å². The molecule has 2 aliphatic heterocycles. The van der Waals surface area contributed by atoms with Gasteiger partial charge >= 0.3 is 0 Å². The van der Waals surface area contributed by atoms with Crippen LogP contribution in [-0.4, -0.2) is 92.0 Å². The van der Waals surface area contributed by atoms with Gasteiger partial charge in [0.2, 0.25) is 5.91 Å². The van der Waals surface area contributed by atoms with Crippen molar-refractivity contribution in [2.75, 3.05) is 60.4 Å². The highest BCUT2D eigenvalue weighted by atomic mass is 35.5. The maximum atomic E-state index is 14.1. The zero-order valence-electron chi connectivity index (χ0n) is 28.3. The zero-order chi connectivity index (χ0) is 33.4. The van der Waals surface area contributed by atoms with Crippen molar-refractivity contribution < 1.29 is 14.1 Å². The predicted octanol–water partition coefficient (Wildman–Crippen LogP) is 7.36. The molecule has 5 rings (SSSR count). The molecule has 0 aromatic heterocycles. The second kappa shape index (κ2) is 16.0. The third kappa shape index (κ3) is 8.05. The SMILES string of the molecule is CN(C)C(=O)C1([N+]2(CCC(CN(C)C(=O)CC(c3ccccc3)c3ccccc3)c3ccc(Cl)c(Cl)c3)CCCCC2)CCNCC1. The van der Waals surface area contributed by atoms with E-state index >= 15 is 0 Å². The van der Waals surface area contributed by atoms with Crippen LogP contribution in [0.2, 0.25) is 10.0 Å². The molecule has 0 saturated carbocycles. The first-order valence-corrected chi connectivity index (χ1v) is 18.0. The van der Waals surface area contributed by atoms with Crippen LogP contribution in [0, 0.1) is 0 Å². The van der Waals surface area contributed by atoms with Crippen molar-refractivity contribution in [1.82, 2.24) is 15.1 Å². The third-order valence-corrected chi connectivity index (χ3v) is 11.6. The van der Waals surface area contributed by atoms with E-state index in [1.54, 1.807) is 0 Å². The van der Waals surface area contributed by atoms with E-state index in [2.05, 4.69) is 35.6 Å². The summed E-state index contributed by atoms with van der Waals surface area (Å²) in [7, 11) is 5.74. The predicted molar refractivity (Wildman–Crippen MR) is 193 cm³/mol. The number of hydrogen-bond acceptors (Lipinski definition) is 3. The zero-order valence-corrected chi connectivity index (χ0v) is 29.8. The minimum Gasteiger partial charge on any atom is -0.345 e. The van der Waals surface area contributed by atoms with Gasteiger partial charge in [0.25, 0.3) is 5.91 Å². The van der Waals surface area contributed by atoms with E-state index in [0.29, 0.717) is 23.0 Å². The average molecular weight is 679 g/mol. The number of nitrogens with one attached hydrogen (secondary N) is 1. The minimum absolute atomic E-state index is 0.0326. The number of likely N-dealkylation sites (tertiary alicyclic amines) is 1. The molecule has 6 nitrogen and oxygen atoms in total. The van der Waals surface area contributed by atoms with Crippen LogP contribution in [0.4, 0.5) is 0 Å². The Labute approximate surface area is 291 Å². The Bertz CT molecular complexity index is 1430. The highest BCUT2D eigenvalue weighted by Gasteiger charge is 2.57. The average Bonchev–Trinajstić information content (AvgIpc) is 3.11. The lowest BCUT2D eigenvalue weighted by atomic mass is 9.79. The number of quaternary nitrogens is 1. The fourth-order valence-electron chi connectivity index (χ4n) is 8.23. The molecule has 1 N–H and O–H groups in total. The Morgan fingerprint density at radius 2 is 1.40 bits per heavy atom. The fraction of sp³-hybridized carbons (Fsp3) is 0.487. The summed E-state index contributed by atoms with van der Waals surface area (Å²) in [5.41, 5.74) is 2.92. The number of carbonyl (C=O) groups excluding carboxylic acids is 2. The normalized spacial score (nSPS) is 18.0. The summed E-state index contributed by atoms with van der Waals surface area (Å²) in [6, 6.07) is 26.5. The third-order valence-electron chi connectivity index (χ3n) is 10.8. The molecule has 3 aromatic rings. The second-order valence-corrected chi connectivity index (χ2v) is 14.7. The van der Waals surface area contributed by atoms with E-state index in [4.69, 9.17) is 23.2 Å². The minimum atomic E-state index is -0.433. The maximum Gasteiger partial charge on any atom is 0.283 e. The summed E-state index contributed by atoms with van der Waals surface area (Å²) in [5.74, 6) is 0.366. The topological polar surface area (TPSA) is 52.7 Å². The Kier molecular flexibility index (Phi) is 12.1. The number of nitrogens with zero attached hydrogens (tertiary/aromatic N) is 3. The van der Waals surface area contributed by atoms with Crippen LogP contribution >= 0.6 is 23.2 Å². The number of halogens is 2. The van der Waals surface area contributed by atoms with Gasteiger partial charge in [0.05, 0.1) is 29.7 Å². The van der Waals surface area contributed by atoms with Gasteiger partial charge in [0.15, 0.2) is 5.54 Å². The molecule has 0 bridgehead atoms. The molecule has 2 amide bonds. The summed E-state index contributed by atoms with van der Waals surface area (Å²) in [4.78, 5) is 31.9. The summed E-state index contributed by atoms with van der Waals surface area (Å²) >= 11 is 13.0. The molecule has 1 atom stereocenters. The van der Waals surface area contributed by atoms with Gasteiger partial charge in [0, 0.05) is 78.3 Å². The molecule has 0 spiro atoms. The Balaban J connectivity index is 1.42. The molecule has 8 heteroatoms. The first-order valence-electron chi connectivity index (χ1n) is 17.2. The van der Waals surface area contributed by atoms with Crippen molar-refractivity contribution in [3.8, 4) is 0 Å². The van der Waals surface area contributed by atoms with Crippen LogP contribution in [0.3, 0.4) is 0 Å². The van der Waals surface area contributed by atoms with Gasteiger partial charge < -0.3 is 19.6 Å². The van der Waals surface area contributed by atoms with Crippen LogP contribution < -0.4 is 5.32 Å². The van der Waals surface area contributed by atoms with E-state index in [9.17, 15) is 9.59 Å². The first kappa shape index (κ1) is 35.4. The molecule has 47 heavy (non-hydrogen) atoms. The molecular formula is C39H51Cl2N4O2+. The molecule has 252 valence electrons. The fourth-order valence-corrected chi connectivity index (χ4v) is 8.53. The van der Waals surface area contributed by atoms with Crippen LogP contribution in [-0.2, 0) is 9.59 Å². The van der Waals surface area contributed by atoms with E-state index < -0.39 is 5.54 Å². The lowest BCUT2D eigenvalue weighted by Gasteiger charge is -2.56. The molecule has 2 saturated heterocycles. The monoisotopic (exact) mass is 677 g/mol. The van der Waals surface area contributed by atoms with Gasteiger partial charge in [-0.15, -0.1) is 0 Å². The van der Waals surface area contributed by atoms with Crippen molar-refractivity contribution in [2.45, 2.75) is 62.3 Å². The number of amides is 2. The Morgan fingerprint density at radius 1 is 0.809 bits per heavy atom. The van der Waals surface area contributed by atoms with Gasteiger partial charge in [0.1, 0.15) is 0 Å². The van der Waals surface area contributed by atoms with Gasteiger partial charge in [-0.1, -0.05) is 89.9 Å². The van der Waals surface area contributed by atoms with Crippen LogP contribution in [0.5, 0.6) is 0 Å². The lowest BCUT2D eigenvalue weighted by molar-refractivity contribution is -0.972. The molecular weight excluding hydrogens is 627 g/mol. The summed E-state index contributed by atoms with van der Waals surface area (Å²) in [5, 5.41) is 4.57. The van der Waals surface area contributed by atoms with Crippen molar-refractivity contribution in [2.24, 2.45) is 0 Å². The van der Waals surface area contributed by atoms with Crippen molar-refractivity contribution in [1.29, 1.82) is 0 Å². The van der Waals surface area contributed by atoms with Crippen molar-refractivity contribution in [3.05, 3.63) is 106 Å². The first-order chi connectivity index (χ1) is 22.7. The second-order valence-electron chi connectivity index (χ2n) is 13.9. The van der Waals surface area contributed by atoms with Gasteiger partial charge in [-0.05, 0) is 48.1 Å². The molecule has 2 fully saturated rings. The molecule has 1 unspecified atom stereocenters. The van der Waals surface area contributed by atoms with E-state index in [1.165, 1.54) is 6.42 Å². The lowest BCUT2D eigenvalue weighted by Crippen LogP contribution is -2.74. The molecule has 0 radical (unpaired) electrons. The summed E-state index contributed by atoms with van der Waals surface area (Å²) in [6.45, 7) is 5.18. The van der Waals surface area contributed by atoms with Crippen molar-refractivity contribution in [3.63, 3.8) is 0 Å². The Hall–Kier alpha value is -2.90. The highest BCUT2D eigenvalue weighted by molar-refractivity contribution is 6.42. The molecule has 2 heterocycles. The molecule has 0 aliphatic carbocycles. The van der Waals surface area contributed by atoms with E-state index in [0.717, 1.165) is 86.0 Å². The number of piperidine rings is 2. The van der Waals surface area contributed by atoms with Crippen LogP contribution in [0.25, 0.3) is 0 Å². The van der Waals surface area contributed by atoms with Crippen molar-refractivity contribution >= 4 is 35.0 Å². The summed E-state index contributed by atoms with van der Waals surface area (Å²) < 4.78 is 0.825. The van der Waals surface area contributed by atoms with Crippen LogP contribution in [0.15, 0.2) is 78.9 Å². The largest absolute Gasteiger partial charge is 0.345 e. The quantitative estimate of drug-likeness (QED) is 0.204. The van der Waals surface area contributed by atoms with Crippen LogP contribution in [0.1, 0.15) is 73.5 Å². The smallest absolute Gasteiger partial charge is 0.283 e. The van der Waals surface area contributed by atoms with Gasteiger partial charge in [-0.3, -0.25) is 9.59 Å². The van der Waals surface area contributed by atoms with Gasteiger partial charge in [-0.25, -0.2) is 0 Å². The standard InChI is InChI=1S/C39H51Cl2N4O2/c1-43(2)38(47)39(20-22-42-23-21-39)45(24-11-6-12-25-45)26-19-33(32-17-18-35(40)36(41)27-32)29-44(3)37(46)28-34(30-13-7-4-8-14-30)31-15-9-5-10-16-31/h4-5,7-10,13-18,27,33-34,42H,6,11-12,19-26,28-29H2,1-3H3/q+1. The number of benzene rings is 3. The highest BCUT2D eigenvalue weighted by Crippen LogP contribution is 2.41. The number of likely N-dealkylation sites (N-methyl/N-ethyl adjacent to an activating group) is 2. The number of hydrogen-bond donors (Lipinski definition) is 1. The molecule has 3 aromatic carbocycles. The molecule has 2 aliphatic rings. The van der Waals surface area contributed by atoms with E-state index in [1.807, 2.05) is 79.5 Å². The van der Waals surface area contributed by atoms with Gasteiger partial charge in [-0.2, -0.15) is 0 Å². The Morgan fingerprint density at radius 3 is 1.96 bits per heavy atom.